The van der Waals surface area contributed by atoms with Crippen LogP contribution in [0.4, 0.5) is 0 Å². The first-order valence-electron chi connectivity index (χ1n) is 6.09. The Balaban J connectivity index is 2.98. The number of carbonyl (C=O) groups is 1. The van der Waals surface area contributed by atoms with E-state index >= 15 is 0 Å². The molecule has 0 radical (unpaired) electrons. The molecule has 1 rings (SSSR count). The second-order valence-corrected chi connectivity index (χ2v) is 9.36. The first-order chi connectivity index (χ1) is 9.12. The lowest BCUT2D eigenvalue weighted by atomic mass is 10.1. The molecule has 1 aromatic rings. The summed E-state index contributed by atoms with van der Waals surface area (Å²) in [5.74, 6) is -0.445. The minimum Gasteiger partial charge on any atom is -0.323 e. The lowest BCUT2D eigenvalue weighted by Gasteiger charge is -2.24. The van der Waals surface area contributed by atoms with Gasteiger partial charge in [0.05, 0.1) is 17.2 Å². The second kappa shape index (κ2) is 6.95. The number of hydroxylamine groups is 2. The van der Waals surface area contributed by atoms with Gasteiger partial charge in [0, 0.05) is 19.1 Å². The van der Waals surface area contributed by atoms with Crippen LogP contribution < -0.4 is 0 Å². The quantitative estimate of drug-likeness (QED) is 0.495. The van der Waals surface area contributed by atoms with Crippen LogP contribution in [-0.2, 0) is 9.36 Å². The molecule has 0 fully saturated rings. The van der Waals surface area contributed by atoms with E-state index in [-0.39, 0.29) is 12.2 Å². The molecule has 0 aliphatic rings. The number of halogens is 2. The SMILES string of the molecule is CC(=O)N(O)CCC(c1ccc(Cl)c(Cl)c1)P(C)(C)=O. The van der Waals surface area contributed by atoms with Gasteiger partial charge in [0.25, 0.3) is 0 Å². The molecular formula is C13H18Cl2NO3P. The van der Waals surface area contributed by atoms with Crippen molar-refractivity contribution in [3.63, 3.8) is 0 Å². The smallest absolute Gasteiger partial charge is 0.242 e. The Kier molecular flexibility index (Phi) is 6.08. The van der Waals surface area contributed by atoms with Gasteiger partial charge in [0.1, 0.15) is 0 Å². The van der Waals surface area contributed by atoms with E-state index in [0.29, 0.717) is 21.5 Å². The van der Waals surface area contributed by atoms with Crippen molar-refractivity contribution in [3.8, 4) is 0 Å². The Morgan fingerprint density at radius 1 is 1.35 bits per heavy atom. The Labute approximate surface area is 129 Å². The molecule has 0 saturated carbocycles. The molecule has 112 valence electrons. The van der Waals surface area contributed by atoms with Gasteiger partial charge in [0.15, 0.2) is 0 Å². The van der Waals surface area contributed by atoms with E-state index in [1.54, 1.807) is 31.5 Å². The summed E-state index contributed by atoms with van der Waals surface area (Å²) in [5.41, 5.74) is 0.510. The molecule has 0 heterocycles. The van der Waals surface area contributed by atoms with Gasteiger partial charge in [0.2, 0.25) is 5.91 Å². The average Bonchev–Trinajstić information content (AvgIpc) is 2.31. The molecule has 4 nitrogen and oxygen atoms in total. The van der Waals surface area contributed by atoms with E-state index < -0.39 is 13.0 Å². The predicted octanol–water partition coefficient (Wildman–Crippen LogP) is 4.29. The molecule has 0 saturated heterocycles. The van der Waals surface area contributed by atoms with Crippen molar-refractivity contribution >= 4 is 36.3 Å². The van der Waals surface area contributed by atoms with E-state index in [4.69, 9.17) is 23.2 Å². The van der Waals surface area contributed by atoms with Gasteiger partial charge in [-0.3, -0.25) is 10.0 Å². The summed E-state index contributed by atoms with van der Waals surface area (Å²) >= 11 is 11.9. The molecule has 0 aliphatic carbocycles. The van der Waals surface area contributed by atoms with Crippen LogP contribution in [0.3, 0.4) is 0 Å². The number of nitrogens with zero attached hydrogens (tertiary/aromatic N) is 1. The zero-order valence-electron chi connectivity index (χ0n) is 11.6. The highest BCUT2D eigenvalue weighted by atomic mass is 35.5. The van der Waals surface area contributed by atoms with Gasteiger partial charge in [-0.15, -0.1) is 0 Å². The summed E-state index contributed by atoms with van der Waals surface area (Å²) in [5, 5.41) is 10.9. The molecule has 20 heavy (non-hydrogen) atoms. The lowest BCUT2D eigenvalue weighted by Crippen LogP contribution is -2.26. The fraction of sp³-hybridized carbons (Fsp3) is 0.462. The Hall–Kier alpha value is -0.540. The zero-order valence-corrected chi connectivity index (χ0v) is 14.0. The van der Waals surface area contributed by atoms with Crippen LogP contribution >= 0.6 is 30.3 Å². The third-order valence-corrected chi connectivity index (χ3v) is 5.85. The lowest BCUT2D eigenvalue weighted by molar-refractivity contribution is -0.162. The summed E-state index contributed by atoms with van der Waals surface area (Å²) in [6.07, 6.45) is 0.387. The third kappa shape index (κ3) is 4.78. The molecule has 7 heteroatoms. The number of benzene rings is 1. The van der Waals surface area contributed by atoms with E-state index in [1.807, 2.05) is 0 Å². The van der Waals surface area contributed by atoms with Crippen LogP contribution in [0.15, 0.2) is 18.2 Å². The Morgan fingerprint density at radius 3 is 2.40 bits per heavy atom. The molecule has 1 amide bonds. The molecule has 1 aromatic carbocycles. The molecule has 1 N–H and O–H groups in total. The summed E-state index contributed by atoms with van der Waals surface area (Å²) in [7, 11) is -2.47. The Bertz CT molecular complexity index is 544. The first kappa shape index (κ1) is 17.5. The van der Waals surface area contributed by atoms with Gasteiger partial charge in [-0.1, -0.05) is 29.3 Å². The van der Waals surface area contributed by atoms with Crippen molar-refractivity contribution in [1.29, 1.82) is 0 Å². The van der Waals surface area contributed by atoms with Gasteiger partial charge in [-0.05, 0) is 37.4 Å². The fourth-order valence-electron chi connectivity index (χ4n) is 1.96. The minimum atomic E-state index is -2.47. The third-order valence-electron chi connectivity index (χ3n) is 3.06. The zero-order chi connectivity index (χ0) is 15.5. The van der Waals surface area contributed by atoms with E-state index in [2.05, 4.69) is 0 Å². The topological polar surface area (TPSA) is 57.6 Å². The van der Waals surface area contributed by atoms with Crippen molar-refractivity contribution in [3.05, 3.63) is 33.8 Å². The number of carbonyl (C=O) groups excluding carboxylic acids is 1. The van der Waals surface area contributed by atoms with Gasteiger partial charge >= 0.3 is 0 Å². The molecule has 1 unspecified atom stereocenters. The van der Waals surface area contributed by atoms with Gasteiger partial charge in [-0.25, -0.2) is 5.06 Å². The van der Waals surface area contributed by atoms with Crippen molar-refractivity contribution in [2.24, 2.45) is 0 Å². The maximum Gasteiger partial charge on any atom is 0.242 e. The number of rotatable bonds is 5. The second-order valence-electron chi connectivity index (χ2n) is 5.05. The van der Waals surface area contributed by atoms with Crippen LogP contribution in [0.5, 0.6) is 0 Å². The highest BCUT2D eigenvalue weighted by molar-refractivity contribution is 7.62. The van der Waals surface area contributed by atoms with E-state index in [9.17, 15) is 14.6 Å². The molecule has 0 aliphatic heterocycles. The molecule has 0 aromatic heterocycles. The molecular weight excluding hydrogens is 320 g/mol. The predicted molar refractivity (Wildman–Crippen MR) is 82.4 cm³/mol. The summed E-state index contributed by atoms with van der Waals surface area (Å²) < 4.78 is 12.4. The van der Waals surface area contributed by atoms with Crippen molar-refractivity contribution < 1.29 is 14.6 Å². The fourth-order valence-corrected chi connectivity index (χ4v) is 3.88. The van der Waals surface area contributed by atoms with Crippen LogP contribution in [0.25, 0.3) is 0 Å². The van der Waals surface area contributed by atoms with Crippen LogP contribution in [-0.4, -0.2) is 36.1 Å². The molecule has 0 spiro atoms. The highest BCUT2D eigenvalue weighted by Crippen LogP contribution is 2.55. The number of amides is 1. The normalized spacial score (nSPS) is 13.1. The standard InChI is InChI=1S/C13H18Cl2NO3P/c1-9(17)16(18)7-6-13(20(2,3)19)10-4-5-11(14)12(15)8-10/h4-5,8,13,18H,6-7H2,1-3H3. The molecule has 0 bridgehead atoms. The van der Waals surface area contributed by atoms with Crippen molar-refractivity contribution in [2.45, 2.75) is 19.0 Å². The minimum absolute atomic E-state index is 0.117. The van der Waals surface area contributed by atoms with E-state index in [1.165, 1.54) is 6.92 Å². The van der Waals surface area contributed by atoms with Crippen LogP contribution in [0.2, 0.25) is 10.0 Å². The summed E-state index contributed by atoms with van der Waals surface area (Å²) in [6, 6.07) is 5.11. The van der Waals surface area contributed by atoms with Crippen LogP contribution in [0, 0.1) is 0 Å². The first-order valence-corrected chi connectivity index (χ1v) is 9.52. The van der Waals surface area contributed by atoms with Crippen LogP contribution in [0.1, 0.15) is 24.6 Å². The summed E-state index contributed by atoms with van der Waals surface area (Å²) in [4.78, 5) is 11.0. The number of hydrogen-bond donors (Lipinski definition) is 1. The largest absolute Gasteiger partial charge is 0.323 e. The van der Waals surface area contributed by atoms with E-state index in [0.717, 1.165) is 5.56 Å². The van der Waals surface area contributed by atoms with Gasteiger partial charge in [-0.2, -0.15) is 0 Å². The number of hydrogen-bond acceptors (Lipinski definition) is 3. The highest BCUT2D eigenvalue weighted by Gasteiger charge is 2.26. The average molecular weight is 338 g/mol. The maximum absolute atomic E-state index is 12.4. The van der Waals surface area contributed by atoms with Crippen molar-refractivity contribution in [1.82, 2.24) is 5.06 Å². The Morgan fingerprint density at radius 2 is 1.95 bits per heavy atom. The van der Waals surface area contributed by atoms with Crippen molar-refractivity contribution in [2.75, 3.05) is 19.9 Å². The van der Waals surface area contributed by atoms with Gasteiger partial charge < -0.3 is 4.57 Å². The monoisotopic (exact) mass is 337 g/mol. The summed E-state index contributed by atoms with van der Waals surface area (Å²) in [6.45, 7) is 4.74. The molecule has 1 atom stereocenters. The maximum atomic E-state index is 12.4.